The van der Waals surface area contributed by atoms with Gasteiger partial charge in [0.05, 0.1) is 5.02 Å². The maximum Gasteiger partial charge on any atom is 0.161 e. The van der Waals surface area contributed by atoms with Gasteiger partial charge in [0.2, 0.25) is 0 Å². The molecule has 0 bridgehead atoms. The van der Waals surface area contributed by atoms with E-state index in [0.29, 0.717) is 10.8 Å². The van der Waals surface area contributed by atoms with Crippen molar-refractivity contribution in [2.24, 2.45) is 0 Å². The van der Waals surface area contributed by atoms with Crippen molar-refractivity contribution in [3.63, 3.8) is 0 Å². The van der Waals surface area contributed by atoms with Crippen molar-refractivity contribution in [1.82, 2.24) is 4.98 Å². The fourth-order valence-electron chi connectivity index (χ4n) is 1.60. The van der Waals surface area contributed by atoms with Crippen LogP contribution in [0.15, 0.2) is 36.4 Å². The smallest absolute Gasteiger partial charge is 0.161 e. The lowest BCUT2D eigenvalue weighted by Crippen LogP contribution is -2.06. The van der Waals surface area contributed by atoms with Crippen LogP contribution in [0.4, 0.5) is 5.82 Å². The van der Waals surface area contributed by atoms with Gasteiger partial charge in [-0.05, 0) is 36.2 Å². The molecule has 0 spiro atoms. The van der Waals surface area contributed by atoms with Gasteiger partial charge in [-0.1, -0.05) is 35.3 Å². The molecular formula is C14H11Cl2N3. The number of nitrogens with zero attached hydrogens (tertiary/aromatic N) is 2. The molecule has 0 unspecified atom stereocenters. The summed E-state index contributed by atoms with van der Waals surface area (Å²) in [6, 6.07) is 13.1. The van der Waals surface area contributed by atoms with E-state index in [0.717, 1.165) is 18.0 Å². The monoisotopic (exact) mass is 291 g/mol. The van der Waals surface area contributed by atoms with Crippen LogP contribution in [0, 0.1) is 11.3 Å². The van der Waals surface area contributed by atoms with Gasteiger partial charge in [-0.2, -0.15) is 5.26 Å². The van der Waals surface area contributed by atoms with E-state index in [1.807, 2.05) is 30.3 Å². The molecule has 0 atom stereocenters. The van der Waals surface area contributed by atoms with Crippen molar-refractivity contribution in [3.8, 4) is 6.07 Å². The summed E-state index contributed by atoms with van der Waals surface area (Å²) in [6.45, 7) is 0.723. The number of rotatable bonds is 4. The number of pyridine rings is 1. The molecule has 0 aliphatic carbocycles. The number of anilines is 1. The Morgan fingerprint density at radius 1 is 1.11 bits per heavy atom. The molecule has 1 N–H and O–H groups in total. The summed E-state index contributed by atoms with van der Waals surface area (Å²) >= 11 is 11.6. The molecule has 0 aliphatic rings. The third-order valence-electron chi connectivity index (χ3n) is 2.58. The van der Waals surface area contributed by atoms with Crippen LogP contribution in [0.25, 0.3) is 0 Å². The van der Waals surface area contributed by atoms with E-state index in [4.69, 9.17) is 28.5 Å². The quantitative estimate of drug-likeness (QED) is 0.929. The van der Waals surface area contributed by atoms with E-state index >= 15 is 0 Å². The number of nitrogens with one attached hydrogen (secondary N) is 1. The minimum absolute atomic E-state index is 0.234. The molecule has 0 radical (unpaired) electrons. The van der Waals surface area contributed by atoms with Crippen LogP contribution < -0.4 is 5.32 Å². The van der Waals surface area contributed by atoms with Gasteiger partial charge in [0.15, 0.2) is 5.69 Å². The Labute approximate surface area is 121 Å². The molecule has 0 saturated carbocycles. The Hall–Kier alpha value is -1.76. The van der Waals surface area contributed by atoms with E-state index in [-0.39, 0.29) is 5.69 Å². The molecule has 19 heavy (non-hydrogen) atoms. The SMILES string of the molecule is N#Cc1nc(NCCc2ccc(Cl)cc2)ccc1Cl. The van der Waals surface area contributed by atoms with Crippen molar-refractivity contribution in [3.05, 3.63) is 57.7 Å². The molecule has 3 nitrogen and oxygen atoms in total. The Bertz CT molecular complexity index is 603. The summed E-state index contributed by atoms with van der Waals surface area (Å²) in [5, 5.41) is 13.1. The predicted molar refractivity (Wildman–Crippen MR) is 77.6 cm³/mol. The van der Waals surface area contributed by atoms with Crippen LogP contribution in [0.1, 0.15) is 11.3 Å². The van der Waals surface area contributed by atoms with Crippen molar-refractivity contribution >= 4 is 29.0 Å². The standard InChI is InChI=1S/C14H11Cl2N3/c15-11-3-1-10(2-4-11)7-8-18-14-6-5-12(16)13(9-17)19-14/h1-6H,7-8H2,(H,18,19). The second kappa shape index (κ2) is 6.42. The normalized spacial score (nSPS) is 9.95. The predicted octanol–water partition coefficient (Wildman–Crippen LogP) is 3.91. The van der Waals surface area contributed by atoms with Gasteiger partial charge in [0.1, 0.15) is 11.9 Å². The van der Waals surface area contributed by atoms with Crippen molar-refractivity contribution in [1.29, 1.82) is 5.26 Å². The number of benzene rings is 1. The van der Waals surface area contributed by atoms with Crippen molar-refractivity contribution < 1.29 is 0 Å². The topological polar surface area (TPSA) is 48.7 Å². The summed E-state index contributed by atoms with van der Waals surface area (Å²) < 4.78 is 0. The lowest BCUT2D eigenvalue weighted by atomic mass is 10.1. The summed E-state index contributed by atoms with van der Waals surface area (Å²) in [7, 11) is 0. The van der Waals surface area contributed by atoms with E-state index in [9.17, 15) is 0 Å². The van der Waals surface area contributed by atoms with Crippen LogP contribution in [0.3, 0.4) is 0 Å². The van der Waals surface area contributed by atoms with Crippen LogP contribution in [0.5, 0.6) is 0 Å². The van der Waals surface area contributed by atoms with Gasteiger partial charge in [0, 0.05) is 11.6 Å². The van der Waals surface area contributed by atoms with Gasteiger partial charge in [-0.3, -0.25) is 0 Å². The summed E-state index contributed by atoms with van der Waals surface area (Å²) in [5.74, 6) is 0.648. The second-order valence-electron chi connectivity index (χ2n) is 3.94. The minimum atomic E-state index is 0.234. The molecule has 0 aliphatic heterocycles. The van der Waals surface area contributed by atoms with E-state index in [2.05, 4.69) is 10.3 Å². The van der Waals surface area contributed by atoms with Gasteiger partial charge >= 0.3 is 0 Å². The highest BCUT2D eigenvalue weighted by Crippen LogP contribution is 2.16. The molecular weight excluding hydrogens is 281 g/mol. The Morgan fingerprint density at radius 3 is 2.53 bits per heavy atom. The molecule has 1 aromatic carbocycles. The van der Waals surface area contributed by atoms with Crippen molar-refractivity contribution in [2.75, 3.05) is 11.9 Å². The van der Waals surface area contributed by atoms with Gasteiger partial charge in [0.25, 0.3) is 0 Å². The number of aromatic nitrogens is 1. The lowest BCUT2D eigenvalue weighted by Gasteiger charge is -2.06. The molecule has 96 valence electrons. The first kappa shape index (κ1) is 13.7. The first-order valence-electron chi connectivity index (χ1n) is 5.74. The van der Waals surface area contributed by atoms with Crippen LogP contribution in [-0.2, 0) is 6.42 Å². The zero-order valence-corrected chi connectivity index (χ0v) is 11.5. The number of halogens is 2. The highest BCUT2D eigenvalue weighted by molar-refractivity contribution is 6.31. The third-order valence-corrected chi connectivity index (χ3v) is 3.14. The number of hydrogen-bond acceptors (Lipinski definition) is 3. The fraction of sp³-hybridized carbons (Fsp3) is 0.143. The van der Waals surface area contributed by atoms with Crippen LogP contribution in [-0.4, -0.2) is 11.5 Å². The highest BCUT2D eigenvalue weighted by atomic mass is 35.5. The van der Waals surface area contributed by atoms with Gasteiger partial charge < -0.3 is 5.32 Å². The van der Waals surface area contributed by atoms with E-state index in [1.165, 1.54) is 5.56 Å². The summed E-state index contributed by atoms with van der Waals surface area (Å²) in [4.78, 5) is 4.11. The largest absolute Gasteiger partial charge is 0.370 e. The molecule has 5 heteroatoms. The fourth-order valence-corrected chi connectivity index (χ4v) is 1.88. The molecule has 1 heterocycles. The molecule has 2 aromatic rings. The summed E-state index contributed by atoms with van der Waals surface area (Å²) in [5.41, 5.74) is 1.42. The second-order valence-corrected chi connectivity index (χ2v) is 4.79. The molecule has 0 amide bonds. The highest BCUT2D eigenvalue weighted by Gasteiger charge is 2.02. The Morgan fingerprint density at radius 2 is 1.84 bits per heavy atom. The van der Waals surface area contributed by atoms with Crippen LogP contribution >= 0.6 is 23.2 Å². The third kappa shape index (κ3) is 3.85. The van der Waals surface area contributed by atoms with Crippen molar-refractivity contribution in [2.45, 2.75) is 6.42 Å². The first-order chi connectivity index (χ1) is 9.19. The Balaban J connectivity index is 1.92. The molecule has 2 rings (SSSR count). The first-order valence-corrected chi connectivity index (χ1v) is 6.49. The molecule has 0 fully saturated rings. The zero-order valence-electron chi connectivity index (χ0n) is 10.0. The average molecular weight is 292 g/mol. The number of nitriles is 1. The van der Waals surface area contributed by atoms with Gasteiger partial charge in [-0.25, -0.2) is 4.98 Å². The molecule has 0 saturated heterocycles. The molecule has 1 aromatic heterocycles. The zero-order chi connectivity index (χ0) is 13.7. The lowest BCUT2D eigenvalue weighted by molar-refractivity contribution is 1.00. The average Bonchev–Trinajstić information content (AvgIpc) is 2.43. The number of hydrogen-bond donors (Lipinski definition) is 1. The maximum absolute atomic E-state index is 8.84. The van der Waals surface area contributed by atoms with E-state index in [1.54, 1.807) is 12.1 Å². The van der Waals surface area contributed by atoms with Crippen LogP contribution in [0.2, 0.25) is 10.0 Å². The summed E-state index contributed by atoms with van der Waals surface area (Å²) in [6.07, 6.45) is 0.851. The Kier molecular flexibility index (Phi) is 4.62. The minimum Gasteiger partial charge on any atom is -0.370 e. The van der Waals surface area contributed by atoms with E-state index < -0.39 is 0 Å². The maximum atomic E-state index is 8.84. The van der Waals surface area contributed by atoms with Gasteiger partial charge in [-0.15, -0.1) is 0 Å².